The molecule has 4 heteroatoms. The number of ether oxygens (including phenoxy) is 1. The summed E-state index contributed by atoms with van der Waals surface area (Å²) >= 11 is 0. The SMILES string of the molecule is C/C=C/C1CCC(C2CCC(c3ccc(-c4ccc(-c5ccc(OCCCCC)c(F)c5F)cc4)cc3F)CC2)CC1. The van der Waals surface area contributed by atoms with Gasteiger partial charge in [0.15, 0.2) is 11.6 Å². The van der Waals surface area contributed by atoms with Crippen LogP contribution in [0.25, 0.3) is 22.3 Å². The van der Waals surface area contributed by atoms with E-state index in [4.69, 9.17) is 4.74 Å². The van der Waals surface area contributed by atoms with Gasteiger partial charge < -0.3 is 4.74 Å². The van der Waals surface area contributed by atoms with E-state index >= 15 is 4.39 Å². The summed E-state index contributed by atoms with van der Waals surface area (Å²) in [6, 6.07) is 15.8. The number of rotatable bonds is 10. The van der Waals surface area contributed by atoms with Crippen LogP contribution < -0.4 is 4.74 Å². The van der Waals surface area contributed by atoms with Gasteiger partial charge in [-0.2, -0.15) is 4.39 Å². The molecule has 3 aromatic rings. The summed E-state index contributed by atoms with van der Waals surface area (Å²) in [6.45, 7) is 4.56. The molecule has 1 nitrogen and oxygen atoms in total. The lowest BCUT2D eigenvalue weighted by Gasteiger charge is -2.37. The molecule has 0 spiro atoms. The third-order valence-corrected chi connectivity index (χ3v) is 9.74. The molecule has 0 amide bonds. The Balaban J connectivity index is 1.19. The van der Waals surface area contributed by atoms with Crippen molar-refractivity contribution in [1.29, 1.82) is 0 Å². The summed E-state index contributed by atoms with van der Waals surface area (Å²) in [5, 5.41) is 0. The standard InChI is InChI=1S/C38H45F3O/c1-3-5-6-24-42-36-23-22-34(37(40)38(36)41)31-18-14-29(15-19-31)32-20-21-33(35(39)25-32)30-16-12-28(13-17-30)27-10-8-26(7-4-2)9-11-27/h4,7,14-15,18-23,25-28,30H,3,5-6,8-13,16-17,24H2,1-2H3/b7-4+. The Morgan fingerprint density at radius 2 is 1.36 bits per heavy atom. The van der Waals surface area contributed by atoms with E-state index < -0.39 is 11.6 Å². The van der Waals surface area contributed by atoms with Crippen molar-refractivity contribution in [3.05, 3.63) is 89.8 Å². The van der Waals surface area contributed by atoms with E-state index in [0.717, 1.165) is 66.5 Å². The lowest BCUT2D eigenvalue weighted by atomic mass is 9.68. The van der Waals surface area contributed by atoms with Gasteiger partial charge in [-0.25, -0.2) is 8.78 Å². The zero-order valence-corrected chi connectivity index (χ0v) is 25.2. The molecule has 0 saturated heterocycles. The molecule has 0 N–H and O–H groups in total. The highest BCUT2D eigenvalue weighted by Crippen LogP contribution is 2.45. The monoisotopic (exact) mass is 574 g/mol. The Morgan fingerprint density at radius 3 is 2.00 bits per heavy atom. The lowest BCUT2D eigenvalue weighted by molar-refractivity contribution is 0.171. The second-order valence-corrected chi connectivity index (χ2v) is 12.4. The summed E-state index contributed by atoms with van der Waals surface area (Å²) in [7, 11) is 0. The highest BCUT2D eigenvalue weighted by Gasteiger charge is 2.31. The van der Waals surface area contributed by atoms with Crippen LogP contribution >= 0.6 is 0 Å². The van der Waals surface area contributed by atoms with Crippen LogP contribution in [0.5, 0.6) is 5.75 Å². The highest BCUT2D eigenvalue weighted by molar-refractivity contribution is 5.71. The average molecular weight is 575 g/mol. The van der Waals surface area contributed by atoms with Gasteiger partial charge in [-0.05, 0) is 129 Å². The van der Waals surface area contributed by atoms with E-state index in [1.165, 1.54) is 44.6 Å². The van der Waals surface area contributed by atoms with Crippen molar-refractivity contribution in [3.63, 3.8) is 0 Å². The number of hydrogen-bond donors (Lipinski definition) is 0. The Kier molecular flexibility index (Phi) is 10.5. The van der Waals surface area contributed by atoms with Crippen LogP contribution in [0, 0.1) is 35.2 Å². The molecule has 3 aromatic carbocycles. The quantitative estimate of drug-likeness (QED) is 0.173. The van der Waals surface area contributed by atoms with Gasteiger partial charge in [0.2, 0.25) is 5.82 Å². The molecule has 0 unspecified atom stereocenters. The molecular formula is C38H45F3O. The fourth-order valence-corrected chi connectivity index (χ4v) is 7.26. The molecule has 0 heterocycles. The molecule has 2 saturated carbocycles. The fraction of sp³-hybridized carbons (Fsp3) is 0.474. The van der Waals surface area contributed by atoms with Gasteiger partial charge in [0, 0.05) is 5.56 Å². The normalized spacial score (nSPS) is 22.9. The first kappa shape index (κ1) is 30.4. The van der Waals surface area contributed by atoms with Gasteiger partial charge in [0.25, 0.3) is 0 Å². The van der Waals surface area contributed by atoms with Crippen LogP contribution in [0.4, 0.5) is 13.2 Å². The van der Waals surface area contributed by atoms with Crippen LogP contribution in [0.2, 0.25) is 0 Å². The predicted octanol–water partition coefficient (Wildman–Crippen LogP) is 11.7. The van der Waals surface area contributed by atoms with Gasteiger partial charge in [0.05, 0.1) is 6.61 Å². The number of allylic oxidation sites excluding steroid dienone is 2. The van der Waals surface area contributed by atoms with Gasteiger partial charge in [-0.3, -0.25) is 0 Å². The molecule has 42 heavy (non-hydrogen) atoms. The summed E-state index contributed by atoms with van der Waals surface area (Å²) in [5.74, 6) is 0.611. The average Bonchev–Trinajstić information content (AvgIpc) is 3.02. The number of halogens is 3. The van der Waals surface area contributed by atoms with Gasteiger partial charge in [-0.1, -0.05) is 68.3 Å². The molecule has 0 aromatic heterocycles. The predicted molar refractivity (Wildman–Crippen MR) is 167 cm³/mol. The summed E-state index contributed by atoms with van der Waals surface area (Å²) < 4.78 is 50.4. The largest absolute Gasteiger partial charge is 0.490 e. The maximum absolute atomic E-state index is 15.4. The van der Waals surface area contributed by atoms with E-state index in [2.05, 4.69) is 26.0 Å². The number of hydrogen-bond acceptors (Lipinski definition) is 1. The van der Waals surface area contributed by atoms with E-state index in [9.17, 15) is 8.78 Å². The Bertz CT molecular complexity index is 1330. The maximum Gasteiger partial charge on any atom is 0.201 e. The molecule has 2 aliphatic rings. The molecule has 0 atom stereocenters. The Hall–Kier alpha value is -3.01. The van der Waals surface area contributed by atoms with E-state index in [1.807, 2.05) is 24.3 Å². The zero-order chi connectivity index (χ0) is 29.5. The van der Waals surface area contributed by atoms with E-state index in [-0.39, 0.29) is 23.0 Å². The second-order valence-electron chi connectivity index (χ2n) is 12.4. The first-order chi connectivity index (χ1) is 20.5. The highest BCUT2D eigenvalue weighted by atomic mass is 19.2. The Labute approximate surface area is 250 Å². The number of benzene rings is 3. The molecule has 2 aliphatic carbocycles. The van der Waals surface area contributed by atoms with Crippen molar-refractivity contribution in [1.82, 2.24) is 0 Å². The Morgan fingerprint density at radius 1 is 0.714 bits per heavy atom. The van der Waals surface area contributed by atoms with Crippen LogP contribution in [-0.2, 0) is 0 Å². The van der Waals surface area contributed by atoms with Gasteiger partial charge in [0.1, 0.15) is 5.82 Å². The van der Waals surface area contributed by atoms with Crippen molar-refractivity contribution >= 4 is 0 Å². The van der Waals surface area contributed by atoms with Crippen molar-refractivity contribution in [2.75, 3.05) is 6.61 Å². The third kappa shape index (κ3) is 7.13. The van der Waals surface area contributed by atoms with E-state index in [0.29, 0.717) is 12.2 Å². The number of unbranched alkanes of at least 4 members (excludes halogenated alkanes) is 2. The smallest absolute Gasteiger partial charge is 0.201 e. The van der Waals surface area contributed by atoms with Gasteiger partial charge >= 0.3 is 0 Å². The first-order valence-corrected chi connectivity index (χ1v) is 16.1. The molecule has 0 aliphatic heterocycles. The third-order valence-electron chi connectivity index (χ3n) is 9.74. The van der Waals surface area contributed by atoms with Crippen LogP contribution in [0.3, 0.4) is 0 Å². The molecule has 0 radical (unpaired) electrons. The van der Waals surface area contributed by atoms with Crippen LogP contribution in [-0.4, -0.2) is 6.61 Å². The zero-order valence-electron chi connectivity index (χ0n) is 25.2. The van der Waals surface area contributed by atoms with Crippen molar-refractivity contribution in [2.24, 2.45) is 17.8 Å². The second kappa shape index (κ2) is 14.4. The molecule has 2 fully saturated rings. The van der Waals surface area contributed by atoms with E-state index in [1.54, 1.807) is 24.3 Å². The molecule has 5 rings (SSSR count). The topological polar surface area (TPSA) is 9.23 Å². The van der Waals surface area contributed by atoms with Crippen molar-refractivity contribution in [2.45, 2.75) is 90.4 Å². The first-order valence-electron chi connectivity index (χ1n) is 16.1. The molecule has 224 valence electrons. The van der Waals surface area contributed by atoms with Gasteiger partial charge in [-0.15, -0.1) is 0 Å². The van der Waals surface area contributed by atoms with Crippen molar-refractivity contribution < 1.29 is 17.9 Å². The lowest BCUT2D eigenvalue weighted by Crippen LogP contribution is -2.25. The fourth-order valence-electron chi connectivity index (χ4n) is 7.26. The summed E-state index contributed by atoms with van der Waals surface area (Å²) in [6.07, 6.45) is 17.2. The minimum atomic E-state index is -0.962. The van der Waals surface area contributed by atoms with Crippen molar-refractivity contribution in [3.8, 4) is 28.0 Å². The molecular weight excluding hydrogens is 529 g/mol. The minimum absolute atomic E-state index is 0.0554. The summed E-state index contributed by atoms with van der Waals surface area (Å²) in [4.78, 5) is 0. The maximum atomic E-state index is 15.4. The summed E-state index contributed by atoms with van der Waals surface area (Å²) in [5.41, 5.74) is 3.22. The van der Waals surface area contributed by atoms with Crippen LogP contribution in [0.15, 0.2) is 66.7 Å². The molecule has 0 bridgehead atoms. The van der Waals surface area contributed by atoms with Crippen LogP contribution in [0.1, 0.15) is 96.0 Å². The minimum Gasteiger partial charge on any atom is -0.490 e.